The van der Waals surface area contributed by atoms with E-state index < -0.39 is 0 Å². The molecule has 136 valence electrons. The van der Waals surface area contributed by atoms with Crippen LogP contribution in [0.1, 0.15) is 48.5 Å². The maximum absolute atomic E-state index is 4.40. The molecule has 0 radical (unpaired) electrons. The van der Waals surface area contributed by atoms with Crippen LogP contribution in [-0.4, -0.2) is 73.2 Å². The van der Waals surface area contributed by atoms with Crippen molar-refractivity contribution in [3.63, 3.8) is 0 Å². The van der Waals surface area contributed by atoms with Gasteiger partial charge in [0.2, 0.25) is 0 Å². The Balaban J connectivity index is 2.44. The fourth-order valence-corrected chi connectivity index (χ4v) is 3.40. The summed E-state index contributed by atoms with van der Waals surface area (Å²) in [5.74, 6) is 1.58. The Labute approximate surface area is 143 Å². The van der Waals surface area contributed by atoms with Crippen LogP contribution in [0, 0.1) is 5.92 Å². The number of hydrogen-bond donors (Lipinski definition) is 2. The fourth-order valence-electron chi connectivity index (χ4n) is 3.40. The van der Waals surface area contributed by atoms with Crippen molar-refractivity contribution in [1.82, 2.24) is 20.4 Å². The molecule has 0 aromatic carbocycles. The van der Waals surface area contributed by atoms with Gasteiger partial charge in [0.15, 0.2) is 5.96 Å². The van der Waals surface area contributed by atoms with Gasteiger partial charge in [-0.05, 0) is 47.5 Å². The molecule has 0 aromatic rings. The third-order valence-corrected chi connectivity index (χ3v) is 4.91. The molecule has 0 aliphatic carbocycles. The molecule has 5 heteroatoms. The zero-order chi connectivity index (χ0) is 17.6. The summed E-state index contributed by atoms with van der Waals surface area (Å²) in [6.07, 6.45) is 0. The van der Waals surface area contributed by atoms with E-state index in [1.54, 1.807) is 0 Å². The number of rotatable bonds is 7. The molecule has 1 rings (SSSR count). The van der Waals surface area contributed by atoms with Crippen LogP contribution in [0.5, 0.6) is 0 Å². The molecule has 1 saturated heterocycles. The molecule has 5 nitrogen and oxygen atoms in total. The van der Waals surface area contributed by atoms with Gasteiger partial charge in [0.1, 0.15) is 0 Å². The lowest BCUT2D eigenvalue weighted by Gasteiger charge is -2.31. The molecule has 0 bridgehead atoms. The van der Waals surface area contributed by atoms with E-state index in [1.807, 2.05) is 7.05 Å². The van der Waals surface area contributed by atoms with Gasteiger partial charge in [-0.3, -0.25) is 14.8 Å². The van der Waals surface area contributed by atoms with E-state index in [9.17, 15) is 0 Å². The van der Waals surface area contributed by atoms with Gasteiger partial charge in [0.05, 0.1) is 0 Å². The second-order valence-corrected chi connectivity index (χ2v) is 7.70. The summed E-state index contributed by atoms with van der Waals surface area (Å²) in [5, 5.41) is 7.09. The first-order valence-corrected chi connectivity index (χ1v) is 9.23. The predicted octanol–water partition coefficient (Wildman–Crippen LogP) is 2.00. The third-order valence-electron chi connectivity index (χ3n) is 4.91. The summed E-state index contributed by atoms with van der Waals surface area (Å²) in [6, 6.07) is 2.24. The number of hydrogen-bond acceptors (Lipinski definition) is 3. The first-order valence-electron chi connectivity index (χ1n) is 9.23. The minimum atomic E-state index is 0.481. The molecule has 0 amide bonds. The smallest absolute Gasteiger partial charge is 0.191 e. The summed E-state index contributed by atoms with van der Waals surface area (Å²) in [7, 11) is 1.86. The van der Waals surface area contributed by atoms with Crippen LogP contribution in [0.15, 0.2) is 4.99 Å². The van der Waals surface area contributed by atoms with Gasteiger partial charge < -0.3 is 10.6 Å². The zero-order valence-electron chi connectivity index (χ0n) is 16.6. The monoisotopic (exact) mass is 325 g/mol. The molecule has 1 heterocycles. The number of nitrogens with one attached hydrogen (secondary N) is 2. The van der Waals surface area contributed by atoms with Crippen molar-refractivity contribution in [3.05, 3.63) is 0 Å². The predicted molar refractivity (Wildman–Crippen MR) is 101 cm³/mol. The van der Waals surface area contributed by atoms with Crippen LogP contribution in [0.25, 0.3) is 0 Å². The van der Waals surface area contributed by atoms with Crippen molar-refractivity contribution in [2.24, 2.45) is 10.9 Å². The van der Waals surface area contributed by atoms with Gasteiger partial charge in [0, 0.05) is 57.4 Å². The molecule has 0 aromatic heterocycles. The minimum absolute atomic E-state index is 0.481. The normalized spacial score (nSPS) is 23.6. The summed E-state index contributed by atoms with van der Waals surface area (Å²) >= 11 is 0. The SMILES string of the molecule is CN=C(NCCN(C(C)C)C(C)C)NC1CN(C(C)C)CC1C. The molecule has 2 unspecified atom stereocenters. The van der Waals surface area contributed by atoms with E-state index >= 15 is 0 Å². The first-order chi connectivity index (χ1) is 10.8. The van der Waals surface area contributed by atoms with Crippen LogP contribution in [0.4, 0.5) is 0 Å². The second kappa shape index (κ2) is 9.48. The third kappa shape index (κ3) is 6.30. The Morgan fingerprint density at radius 2 is 1.74 bits per heavy atom. The summed E-state index contributed by atoms with van der Waals surface area (Å²) in [6.45, 7) is 20.1. The van der Waals surface area contributed by atoms with Gasteiger partial charge in [-0.2, -0.15) is 0 Å². The van der Waals surface area contributed by atoms with Gasteiger partial charge in [0.25, 0.3) is 0 Å². The van der Waals surface area contributed by atoms with E-state index in [4.69, 9.17) is 0 Å². The molecule has 2 atom stereocenters. The molecular weight excluding hydrogens is 286 g/mol. The van der Waals surface area contributed by atoms with E-state index in [0.29, 0.717) is 30.1 Å². The second-order valence-electron chi connectivity index (χ2n) is 7.70. The average molecular weight is 326 g/mol. The first kappa shape index (κ1) is 20.2. The van der Waals surface area contributed by atoms with Crippen LogP contribution >= 0.6 is 0 Å². The lowest BCUT2D eigenvalue weighted by atomic mass is 10.1. The Bertz CT molecular complexity index is 356. The number of aliphatic imine (C=N–C) groups is 1. The zero-order valence-corrected chi connectivity index (χ0v) is 16.6. The average Bonchev–Trinajstić information content (AvgIpc) is 2.82. The molecule has 23 heavy (non-hydrogen) atoms. The van der Waals surface area contributed by atoms with Gasteiger partial charge >= 0.3 is 0 Å². The van der Waals surface area contributed by atoms with Crippen molar-refractivity contribution in [1.29, 1.82) is 0 Å². The van der Waals surface area contributed by atoms with E-state index in [1.165, 1.54) is 6.54 Å². The van der Waals surface area contributed by atoms with Crippen molar-refractivity contribution >= 4 is 5.96 Å². The van der Waals surface area contributed by atoms with Crippen LogP contribution in [0.3, 0.4) is 0 Å². The van der Waals surface area contributed by atoms with Crippen LogP contribution in [-0.2, 0) is 0 Å². The molecule has 0 spiro atoms. The minimum Gasteiger partial charge on any atom is -0.355 e. The maximum Gasteiger partial charge on any atom is 0.191 e. The van der Waals surface area contributed by atoms with E-state index in [2.05, 4.69) is 73.9 Å². The van der Waals surface area contributed by atoms with Gasteiger partial charge in [-0.1, -0.05) is 6.92 Å². The highest BCUT2D eigenvalue weighted by Gasteiger charge is 2.31. The van der Waals surface area contributed by atoms with Crippen LogP contribution in [0.2, 0.25) is 0 Å². The number of guanidine groups is 1. The Morgan fingerprint density at radius 1 is 1.13 bits per heavy atom. The Morgan fingerprint density at radius 3 is 2.17 bits per heavy atom. The molecule has 2 N–H and O–H groups in total. The van der Waals surface area contributed by atoms with Crippen molar-refractivity contribution in [2.75, 3.05) is 33.2 Å². The summed E-state index contributed by atoms with van der Waals surface area (Å²) in [5.41, 5.74) is 0. The van der Waals surface area contributed by atoms with Crippen molar-refractivity contribution < 1.29 is 0 Å². The quantitative estimate of drug-likeness (QED) is 0.555. The largest absolute Gasteiger partial charge is 0.355 e. The fraction of sp³-hybridized carbons (Fsp3) is 0.944. The Hall–Kier alpha value is -0.810. The van der Waals surface area contributed by atoms with E-state index in [0.717, 1.165) is 25.6 Å². The maximum atomic E-state index is 4.40. The van der Waals surface area contributed by atoms with Crippen molar-refractivity contribution in [2.45, 2.75) is 72.6 Å². The van der Waals surface area contributed by atoms with E-state index in [-0.39, 0.29) is 0 Å². The number of likely N-dealkylation sites (tertiary alicyclic amines) is 1. The lowest BCUT2D eigenvalue weighted by Crippen LogP contribution is -2.49. The summed E-state index contributed by atoms with van der Waals surface area (Å²) in [4.78, 5) is 9.44. The molecule has 1 aliphatic rings. The lowest BCUT2D eigenvalue weighted by molar-refractivity contribution is 0.178. The molecular formula is C18H39N5. The molecule has 1 aliphatic heterocycles. The van der Waals surface area contributed by atoms with Crippen molar-refractivity contribution in [3.8, 4) is 0 Å². The highest BCUT2D eigenvalue weighted by Crippen LogP contribution is 2.18. The standard InChI is InChI=1S/C18H39N5/c1-13(2)22-11-16(7)17(12-22)21-18(19-8)20-9-10-23(14(3)4)15(5)6/h13-17H,9-12H2,1-8H3,(H2,19,20,21). The topological polar surface area (TPSA) is 42.9 Å². The Kier molecular flexibility index (Phi) is 8.34. The molecule has 0 saturated carbocycles. The van der Waals surface area contributed by atoms with Crippen LogP contribution < -0.4 is 10.6 Å². The van der Waals surface area contributed by atoms with Gasteiger partial charge in [-0.25, -0.2) is 0 Å². The highest BCUT2D eigenvalue weighted by atomic mass is 15.3. The summed E-state index contributed by atoms with van der Waals surface area (Å²) < 4.78 is 0. The molecule has 1 fully saturated rings. The highest BCUT2D eigenvalue weighted by molar-refractivity contribution is 5.80. The number of nitrogens with zero attached hydrogens (tertiary/aromatic N) is 3. The van der Waals surface area contributed by atoms with Gasteiger partial charge in [-0.15, -0.1) is 0 Å².